The predicted octanol–water partition coefficient (Wildman–Crippen LogP) is 3.79. The second-order valence-corrected chi connectivity index (χ2v) is 6.12. The van der Waals surface area contributed by atoms with Crippen molar-refractivity contribution in [2.24, 2.45) is 0 Å². The van der Waals surface area contributed by atoms with Gasteiger partial charge in [0.15, 0.2) is 0 Å². The van der Waals surface area contributed by atoms with E-state index in [9.17, 15) is 0 Å². The highest BCUT2D eigenvalue weighted by molar-refractivity contribution is 8.00. The highest BCUT2D eigenvalue weighted by Gasteiger charge is 2.25. The Morgan fingerprint density at radius 1 is 1.21 bits per heavy atom. The molecule has 1 fully saturated rings. The number of hydrogen-bond acceptors (Lipinski definition) is 2. The summed E-state index contributed by atoms with van der Waals surface area (Å²) in [6.45, 7) is 5.87. The van der Waals surface area contributed by atoms with Crippen LogP contribution in [0.3, 0.4) is 0 Å². The van der Waals surface area contributed by atoms with E-state index in [4.69, 9.17) is 0 Å². The van der Waals surface area contributed by atoms with E-state index in [1.807, 2.05) is 0 Å². The molecule has 14 heavy (non-hydrogen) atoms. The lowest BCUT2D eigenvalue weighted by atomic mass is 10.1. The molecule has 1 nitrogen and oxygen atoms in total. The molecular formula is C12H25NS. The van der Waals surface area contributed by atoms with Gasteiger partial charge >= 0.3 is 0 Å². The molecule has 1 unspecified atom stereocenters. The van der Waals surface area contributed by atoms with E-state index in [0.717, 1.165) is 0 Å². The van der Waals surface area contributed by atoms with Gasteiger partial charge in [-0.3, -0.25) is 0 Å². The Labute approximate surface area is 93.4 Å². The van der Waals surface area contributed by atoms with Crippen LogP contribution in [0.5, 0.6) is 0 Å². The molecule has 0 amide bonds. The van der Waals surface area contributed by atoms with Gasteiger partial charge in [0.1, 0.15) is 0 Å². The van der Waals surface area contributed by atoms with Crippen LogP contribution in [0.25, 0.3) is 0 Å². The number of nitrogens with one attached hydrogen (secondary N) is 1. The maximum Gasteiger partial charge on any atom is 0.0616 e. The minimum atomic E-state index is 0.393. The zero-order valence-corrected chi connectivity index (χ0v) is 10.6. The molecule has 1 atom stereocenters. The van der Waals surface area contributed by atoms with Crippen LogP contribution in [-0.2, 0) is 0 Å². The van der Waals surface area contributed by atoms with Crippen LogP contribution < -0.4 is 5.32 Å². The molecule has 84 valence electrons. The first-order chi connectivity index (χ1) is 6.77. The molecule has 1 saturated heterocycles. The average Bonchev–Trinajstić information content (AvgIpc) is 2.18. The van der Waals surface area contributed by atoms with Crippen LogP contribution in [0.2, 0.25) is 0 Å². The Morgan fingerprint density at radius 2 is 2.00 bits per heavy atom. The van der Waals surface area contributed by atoms with Crippen LogP contribution in [0, 0.1) is 0 Å². The van der Waals surface area contributed by atoms with Crippen molar-refractivity contribution in [2.45, 2.75) is 63.7 Å². The Bertz CT molecular complexity index is 141. The van der Waals surface area contributed by atoms with Gasteiger partial charge < -0.3 is 5.32 Å². The number of thioether (sulfide) groups is 1. The molecule has 0 aliphatic carbocycles. The van der Waals surface area contributed by atoms with Crippen molar-refractivity contribution in [1.29, 1.82) is 0 Å². The molecule has 1 aliphatic heterocycles. The Hall–Kier alpha value is 0.310. The summed E-state index contributed by atoms with van der Waals surface area (Å²) in [5.41, 5.74) is 0. The molecule has 0 spiro atoms. The van der Waals surface area contributed by atoms with Crippen LogP contribution in [0.1, 0.15) is 58.8 Å². The summed E-state index contributed by atoms with van der Waals surface area (Å²) in [4.78, 5) is 0.393. The molecule has 1 rings (SSSR count). The van der Waals surface area contributed by atoms with Gasteiger partial charge in [0, 0.05) is 0 Å². The second kappa shape index (κ2) is 6.73. The quantitative estimate of drug-likeness (QED) is 0.677. The van der Waals surface area contributed by atoms with Gasteiger partial charge in [-0.05, 0) is 32.1 Å². The number of unbranched alkanes of at least 4 members (excludes halogenated alkanes) is 4. The van der Waals surface area contributed by atoms with Crippen molar-refractivity contribution in [3.63, 3.8) is 0 Å². The van der Waals surface area contributed by atoms with Crippen molar-refractivity contribution >= 4 is 11.8 Å². The largest absolute Gasteiger partial charge is 0.303 e. The lowest BCUT2D eigenvalue weighted by Gasteiger charge is -2.34. The lowest BCUT2D eigenvalue weighted by Crippen LogP contribution is -2.43. The molecule has 1 N–H and O–H groups in total. The summed E-state index contributed by atoms with van der Waals surface area (Å²) >= 11 is 2.12. The van der Waals surface area contributed by atoms with Crippen molar-refractivity contribution < 1.29 is 0 Å². The van der Waals surface area contributed by atoms with Crippen molar-refractivity contribution in [2.75, 3.05) is 12.3 Å². The highest BCUT2D eigenvalue weighted by Crippen LogP contribution is 2.31. The van der Waals surface area contributed by atoms with E-state index in [2.05, 4.69) is 30.9 Å². The zero-order valence-electron chi connectivity index (χ0n) is 9.77. The molecular weight excluding hydrogens is 190 g/mol. The minimum absolute atomic E-state index is 0.393. The standard InChI is InChI=1S/C12H25NS/c1-3-4-5-6-7-9-12(2)13-10-8-11-14-12/h13H,3-11H2,1-2H3. The zero-order chi connectivity index (χ0) is 10.3. The van der Waals surface area contributed by atoms with E-state index in [0.29, 0.717) is 4.87 Å². The van der Waals surface area contributed by atoms with Crippen LogP contribution in [0.15, 0.2) is 0 Å². The molecule has 1 aliphatic rings. The van der Waals surface area contributed by atoms with Gasteiger partial charge in [0.05, 0.1) is 4.87 Å². The topological polar surface area (TPSA) is 12.0 Å². The summed E-state index contributed by atoms with van der Waals surface area (Å²) in [6, 6.07) is 0. The average molecular weight is 215 g/mol. The van der Waals surface area contributed by atoms with Gasteiger partial charge in [0.25, 0.3) is 0 Å². The first-order valence-electron chi connectivity index (χ1n) is 6.16. The Morgan fingerprint density at radius 3 is 2.64 bits per heavy atom. The fourth-order valence-electron chi connectivity index (χ4n) is 2.00. The Balaban J connectivity index is 2.03. The van der Waals surface area contributed by atoms with Gasteiger partial charge in [-0.15, -0.1) is 11.8 Å². The molecule has 0 aromatic heterocycles. The van der Waals surface area contributed by atoms with E-state index >= 15 is 0 Å². The van der Waals surface area contributed by atoms with Crippen molar-refractivity contribution in [3.8, 4) is 0 Å². The van der Waals surface area contributed by atoms with Gasteiger partial charge in [-0.1, -0.05) is 39.0 Å². The molecule has 0 saturated carbocycles. The third-order valence-corrected chi connectivity index (χ3v) is 4.48. The van der Waals surface area contributed by atoms with E-state index in [-0.39, 0.29) is 0 Å². The lowest BCUT2D eigenvalue weighted by molar-refractivity contribution is 0.432. The molecule has 0 aromatic carbocycles. The summed E-state index contributed by atoms with van der Waals surface area (Å²) in [5, 5.41) is 3.65. The summed E-state index contributed by atoms with van der Waals surface area (Å²) in [7, 11) is 0. The molecule has 0 bridgehead atoms. The predicted molar refractivity (Wildman–Crippen MR) is 66.9 cm³/mol. The summed E-state index contributed by atoms with van der Waals surface area (Å²) in [5.74, 6) is 1.35. The fourth-order valence-corrected chi connectivity index (χ4v) is 3.23. The molecule has 2 heteroatoms. The third-order valence-electron chi connectivity index (χ3n) is 3.00. The van der Waals surface area contributed by atoms with Gasteiger partial charge in [0.2, 0.25) is 0 Å². The maximum atomic E-state index is 3.65. The molecule has 0 aromatic rings. The van der Waals surface area contributed by atoms with Crippen molar-refractivity contribution in [1.82, 2.24) is 5.32 Å². The van der Waals surface area contributed by atoms with Gasteiger partial charge in [-0.25, -0.2) is 0 Å². The monoisotopic (exact) mass is 215 g/mol. The second-order valence-electron chi connectivity index (χ2n) is 4.52. The number of hydrogen-bond donors (Lipinski definition) is 1. The summed E-state index contributed by atoms with van der Waals surface area (Å²) in [6.07, 6.45) is 9.71. The van der Waals surface area contributed by atoms with E-state index in [1.54, 1.807) is 0 Å². The van der Waals surface area contributed by atoms with E-state index < -0.39 is 0 Å². The van der Waals surface area contributed by atoms with Crippen LogP contribution in [0.4, 0.5) is 0 Å². The maximum absolute atomic E-state index is 3.65. The first kappa shape index (κ1) is 12.4. The fraction of sp³-hybridized carbons (Fsp3) is 1.00. The number of rotatable bonds is 6. The summed E-state index contributed by atoms with van der Waals surface area (Å²) < 4.78 is 0. The van der Waals surface area contributed by atoms with E-state index in [1.165, 1.54) is 57.2 Å². The Kier molecular flexibility index (Phi) is 5.95. The van der Waals surface area contributed by atoms with Crippen molar-refractivity contribution in [3.05, 3.63) is 0 Å². The van der Waals surface area contributed by atoms with Crippen LogP contribution in [-0.4, -0.2) is 17.2 Å². The smallest absolute Gasteiger partial charge is 0.0616 e. The molecule has 1 heterocycles. The molecule has 0 radical (unpaired) electrons. The van der Waals surface area contributed by atoms with Gasteiger partial charge in [-0.2, -0.15) is 0 Å². The first-order valence-corrected chi connectivity index (χ1v) is 7.14. The highest BCUT2D eigenvalue weighted by atomic mass is 32.2. The normalized spacial score (nSPS) is 27.9. The minimum Gasteiger partial charge on any atom is -0.303 e. The third kappa shape index (κ3) is 4.70. The SMILES string of the molecule is CCCCCCCC1(C)NCCCS1. The van der Waals surface area contributed by atoms with Crippen LogP contribution >= 0.6 is 11.8 Å².